The lowest BCUT2D eigenvalue weighted by Gasteiger charge is -2.40. The number of halogens is 2. The molecule has 2 amide bonds. The highest BCUT2D eigenvalue weighted by Crippen LogP contribution is 2.33. The lowest BCUT2D eigenvalue weighted by molar-refractivity contribution is -0.134. The molecule has 0 aromatic heterocycles. The summed E-state index contributed by atoms with van der Waals surface area (Å²) in [7, 11) is 3.80. The van der Waals surface area contributed by atoms with Crippen molar-refractivity contribution in [3.05, 3.63) is 72.0 Å². The Morgan fingerprint density at radius 1 is 1.08 bits per heavy atom. The molecule has 7 nitrogen and oxygen atoms in total. The fraction of sp³-hybridized carbons (Fsp3) is 0.517. The predicted octanol–water partition coefficient (Wildman–Crippen LogP) is 3.09. The number of carbonyl (C=O) groups is 2. The first-order chi connectivity index (χ1) is 18.2. The Balaban J connectivity index is 1.46. The summed E-state index contributed by atoms with van der Waals surface area (Å²) in [6.45, 7) is 4.11. The van der Waals surface area contributed by atoms with Crippen molar-refractivity contribution in [1.82, 2.24) is 14.7 Å². The number of nitrogens with two attached hydrogens (primary N) is 1. The molecule has 1 aliphatic heterocycles. The lowest BCUT2D eigenvalue weighted by Crippen LogP contribution is -2.52. The topological polar surface area (TPSA) is 79.1 Å². The third kappa shape index (κ3) is 7.00. The van der Waals surface area contributed by atoms with Crippen molar-refractivity contribution >= 4 is 35.0 Å². The standard InChI is InChI=1S/C29H38Cl2N4O3/c1-33(22-11-12-25(30)26(31)17-22)19-28(36)34(2)27(18-35-13-15-38-16-14-35)21-9-7-20(8-10-21)23-5-3-4-6-24(23)29(32)37/h3-9,11-12,17,21,23-27H,10,13-16,18-19H2,1-2H3,(H2,32,37). The van der Waals surface area contributed by atoms with Gasteiger partial charge in [0.2, 0.25) is 11.8 Å². The fourth-order valence-electron chi connectivity index (χ4n) is 5.43. The summed E-state index contributed by atoms with van der Waals surface area (Å²) in [5.41, 5.74) is 7.64. The molecule has 6 unspecified atom stereocenters. The van der Waals surface area contributed by atoms with Gasteiger partial charge in [0.1, 0.15) is 0 Å². The maximum Gasteiger partial charge on any atom is 0.242 e. The second-order valence-corrected chi connectivity index (χ2v) is 11.4. The summed E-state index contributed by atoms with van der Waals surface area (Å²) in [5, 5.41) is -0.558. The average Bonchev–Trinajstić information content (AvgIpc) is 2.93. The molecule has 1 saturated heterocycles. The van der Waals surface area contributed by atoms with Crippen LogP contribution in [0.1, 0.15) is 6.42 Å². The summed E-state index contributed by atoms with van der Waals surface area (Å²) in [6.07, 6.45) is 20.7. The van der Waals surface area contributed by atoms with Crippen molar-refractivity contribution < 1.29 is 14.3 Å². The van der Waals surface area contributed by atoms with Crippen LogP contribution in [-0.2, 0) is 14.3 Å². The number of allylic oxidation sites excluding steroid dienone is 9. The number of hydrogen-bond donors (Lipinski definition) is 1. The van der Waals surface area contributed by atoms with E-state index in [2.05, 4.69) is 23.1 Å². The van der Waals surface area contributed by atoms with Crippen LogP contribution in [0.2, 0.25) is 0 Å². The number of primary amides is 1. The minimum atomic E-state index is -0.346. The van der Waals surface area contributed by atoms with E-state index in [1.54, 1.807) is 0 Å². The predicted molar refractivity (Wildman–Crippen MR) is 153 cm³/mol. The van der Waals surface area contributed by atoms with Crippen LogP contribution < -0.4 is 5.73 Å². The molecule has 1 heterocycles. The third-order valence-electron chi connectivity index (χ3n) is 7.84. The number of hydrogen-bond acceptors (Lipinski definition) is 5. The van der Waals surface area contributed by atoms with Crippen molar-refractivity contribution in [3.8, 4) is 0 Å². The molecule has 2 N–H and O–H groups in total. The van der Waals surface area contributed by atoms with Crippen LogP contribution in [0.4, 0.5) is 0 Å². The van der Waals surface area contributed by atoms with E-state index in [1.807, 2.05) is 66.4 Å². The molecular weight excluding hydrogens is 523 g/mol. The van der Waals surface area contributed by atoms with Gasteiger partial charge in [-0.15, -0.1) is 23.2 Å². The van der Waals surface area contributed by atoms with Crippen molar-refractivity contribution in [1.29, 1.82) is 0 Å². The number of likely N-dealkylation sites (N-methyl/N-ethyl adjacent to an activating group) is 2. The first-order valence-electron chi connectivity index (χ1n) is 13.2. The molecule has 0 saturated carbocycles. The number of nitrogens with zero attached hydrogens (tertiary/aromatic N) is 3. The smallest absolute Gasteiger partial charge is 0.242 e. The van der Waals surface area contributed by atoms with Crippen LogP contribution in [0.5, 0.6) is 0 Å². The highest BCUT2D eigenvalue weighted by Gasteiger charge is 2.33. The highest BCUT2D eigenvalue weighted by molar-refractivity contribution is 6.31. The maximum absolute atomic E-state index is 13.5. The van der Waals surface area contributed by atoms with Crippen LogP contribution in [-0.4, -0.2) is 96.8 Å². The molecule has 38 heavy (non-hydrogen) atoms. The normalized spacial score (nSPS) is 29.9. The molecule has 4 rings (SSSR count). The molecule has 6 atom stereocenters. The Hall–Kier alpha value is -2.32. The summed E-state index contributed by atoms with van der Waals surface area (Å²) in [4.78, 5) is 31.7. The minimum Gasteiger partial charge on any atom is -0.379 e. The second-order valence-electron chi connectivity index (χ2n) is 10.4. The zero-order valence-electron chi connectivity index (χ0n) is 22.1. The van der Waals surface area contributed by atoms with E-state index in [9.17, 15) is 9.59 Å². The van der Waals surface area contributed by atoms with E-state index >= 15 is 0 Å². The molecule has 0 aromatic carbocycles. The van der Waals surface area contributed by atoms with Gasteiger partial charge in [-0.3, -0.25) is 14.5 Å². The number of ether oxygens (including phenoxy) is 1. The largest absolute Gasteiger partial charge is 0.379 e. The van der Waals surface area contributed by atoms with Crippen molar-refractivity contribution in [2.45, 2.75) is 23.2 Å². The van der Waals surface area contributed by atoms with Gasteiger partial charge in [-0.05, 0) is 24.1 Å². The van der Waals surface area contributed by atoms with Crippen LogP contribution in [0.3, 0.4) is 0 Å². The first-order valence-corrected chi connectivity index (χ1v) is 14.1. The second kappa shape index (κ2) is 13.2. The molecule has 0 bridgehead atoms. The molecule has 3 aliphatic carbocycles. The van der Waals surface area contributed by atoms with Gasteiger partial charge in [0.05, 0.1) is 42.5 Å². The Morgan fingerprint density at radius 2 is 1.82 bits per heavy atom. The third-order valence-corrected chi connectivity index (χ3v) is 8.79. The van der Waals surface area contributed by atoms with Crippen LogP contribution >= 0.6 is 23.2 Å². The monoisotopic (exact) mass is 560 g/mol. The molecule has 206 valence electrons. The molecular formula is C29H38Cl2N4O3. The maximum atomic E-state index is 13.5. The van der Waals surface area contributed by atoms with Crippen molar-refractivity contribution in [3.63, 3.8) is 0 Å². The van der Waals surface area contributed by atoms with Crippen molar-refractivity contribution in [2.24, 2.45) is 23.5 Å². The summed E-state index contributed by atoms with van der Waals surface area (Å²) < 4.78 is 5.55. The van der Waals surface area contributed by atoms with Gasteiger partial charge in [0, 0.05) is 51.3 Å². The number of alkyl halides is 2. The summed E-state index contributed by atoms with van der Waals surface area (Å²) in [6, 6.07) is -0.0133. The number of morpholine rings is 1. The Labute approximate surface area is 235 Å². The molecule has 0 radical (unpaired) electrons. The van der Waals surface area contributed by atoms with Crippen molar-refractivity contribution in [2.75, 3.05) is 53.5 Å². The Kier molecular flexibility index (Phi) is 9.93. The quantitative estimate of drug-likeness (QED) is 0.438. The molecule has 1 fully saturated rings. The summed E-state index contributed by atoms with van der Waals surface area (Å²) >= 11 is 12.5. The van der Waals surface area contributed by atoms with Gasteiger partial charge >= 0.3 is 0 Å². The van der Waals surface area contributed by atoms with Gasteiger partial charge in [-0.2, -0.15) is 0 Å². The lowest BCUT2D eigenvalue weighted by atomic mass is 9.78. The first kappa shape index (κ1) is 28.7. The molecule has 4 aliphatic rings. The SMILES string of the molecule is CN(CC(=O)N(C)C(CN1CCOCC1)C1C=CC(C2C=CC=CC2C(N)=O)=CC1)C1=CC(Cl)C(Cl)C=C1. The minimum absolute atomic E-state index is 0.0133. The Bertz CT molecular complexity index is 1060. The van der Waals surface area contributed by atoms with Gasteiger partial charge in [-0.25, -0.2) is 0 Å². The van der Waals surface area contributed by atoms with Gasteiger partial charge in [0.15, 0.2) is 0 Å². The average molecular weight is 562 g/mol. The zero-order chi connectivity index (χ0) is 27.2. The number of amides is 2. The van der Waals surface area contributed by atoms with E-state index in [0.29, 0.717) is 13.2 Å². The highest BCUT2D eigenvalue weighted by atomic mass is 35.5. The fourth-order valence-corrected chi connectivity index (χ4v) is 5.79. The molecule has 0 aromatic rings. The van der Waals surface area contributed by atoms with Gasteiger partial charge < -0.3 is 20.3 Å². The van der Waals surface area contributed by atoms with E-state index in [4.69, 9.17) is 33.7 Å². The number of carbonyl (C=O) groups excluding carboxylic acids is 2. The van der Waals surface area contributed by atoms with Gasteiger partial charge in [-0.1, -0.05) is 48.6 Å². The summed E-state index contributed by atoms with van der Waals surface area (Å²) in [5.74, 6) is -0.543. The van der Waals surface area contributed by atoms with E-state index in [-0.39, 0.29) is 52.9 Å². The molecule has 0 spiro atoms. The van der Waals surface area contributed by atoms with E-state index < -0.39 is 0 Å². The molecule has 9 heteroatoms. The van der Waals surface area contributed by atoms with Gasteiger partial charge in [0.25, 0.3) is 0 Å². The number of rotatable bonds is 9. The zero-order valence-corrected chi connectivity index (χ0v) is 23.6. The van der Waals surface area contributed by atoms with E-state index in [1.165, 1.54) is 0 Å². The van der Waals surface area contributed by atoms with E-state index in [0.717, 1.165) is 37.3 Å². The van der Waals surface area contributed by atoms with Crippen LogP contribution in [0.15, 0.2) is 72.0 Å². The van der Waals surface area contributed by atoms with Crippen LogP contribution in [0, 0.1) is 17.8 Å². The van der Waals surface area contributed by atoms with Crippen LogP contribution in [0.25, 0.3) is 0 Å². The Morgan fingerprint density at radius 3 is 2.47 bits per heavy atom.